The van der Waals surface area contributed by atoms with Crippen LogP contribution in [0.3, 0.4) is 0 Å². The lowest BCUT2D eigenvalue weighted by Gasteiger charge is -2.07. The second-order valence-corrected chi connectivity index (χ2v) is 5.55. The third-order valence-corrected chi connectivity index (χ3v) is 3.50. The second kappa shape index (κ2) is 8.47. The number of halogens is 1. The number of benzene rings is 2. The minimum Gasteiger partial charge on any atom is -0.494 e. The zero-order valence-electron chi connectivity index (χ0n) is 11.7. The average Bonchev–Trinajstić information content (AvgIpc) is 2.52. The highest BCUT2D eigenvalue weighted by Gasteiger charge is 2.03. The molecule has 110 valence electrons. The minimum atomic E-state index is -0.0357. The fourth-order valence-corrected chi connectivity index (χ4v) is 2.10. The first-order chi connectivity index (χ1) is 10.3. The van der Waals surface area contributed by atoms with E-state index in [4.69, 9.17) is 4.74 Å². The van der Waals surface area contributed by atoms with Crippen molar-refractivity contribution in [2.24, 2.45) is 0 Å². The van der Waals surface area contributed by atoms with Crippen LogP contribution >= 0.6 is 15.9 Å². The van der Waals surface area contributed by atoms with Crippen LogP contribution in [-0.2, 0) is 0 Å². The summed E-state index contributed by atoms with van der Waals surface area (Å²) in [5, 5.41) is 2.91. The normalized spacial score (nSPS) is 10.1. The van der Waals surface area contributed by atoms with Gasteiger partial charge in [-0.15, -0.1) is 0 Å². The molecule has 0 saturated carbocycles. The third kappa shape index (κ3) is 5.60. The van der Waals surface area contributed by atoms with Crippen molar-refractivity contribution < 1.29 is 9.53 Å². The number of carbonyl (C=O) groups is 1. The van der Waals surface area contributed by atoms with E-state index >= 15 is 0 Å². The summed E-state index contributed by atoms with van der Waals surface area (Å²) < 4.78 is 6.56. The number of hydrogen-bond acceptors (Lipinski definition) is 2. The number of amides is 1. The van der Waals surface area contributed by atoms with Gasteiger partial charge in [0.2, 0.25) is 0 Å². The fraction of sp³-hybridized carbons (Fsp3) is 0.235. The highest BCUT2D eigenvalue weighted by Crippen LogP contribution is 2.10. The highest BCUT2D eigenvalue weighted by atomic mass is 79.9. The van der Waals surface area contributed by atoms with Crippen molar-refractivity contribution in [1.82, 2.24) is 5.32 Å². The molecular formula is C17H18BrNO2. The Kier molecular flexibility index (Phi) is 6.28. The standard InChI is InChI=1S/C17H18BrNO2/c18-15-10-8-14(9-11-15)17(20)19-12-4-5-13-21-16-6-2-1-3-7-16/h1-3,6-11H,4-5,12-13H2,(H,19,20). The van der Waals surface area contributed by atoms with Gasteiger partial charge in [0, 0.05) is 16.6 Å². The van der Waals surface area contributed by atoms with E-state index in [-0.39, 0.29) is 5.91 Å². The molecule has 1 N–H and O–H groups in total. The maximum absolute atomic E-state index is 11.9. The van der Waals surface area contributed by atoms with Crippen LogP contribution in [-0.4, -0.2) is 19.1 Å². The topological polar surface area (TPSA) is 38.3 Å². The number of para-hydroxylation sites is 1. The summed E-state index contributed by atoms with van der Waals surface area (Å²) in [4.78, 5) is 11.9. The predicted molar refractivity (Wildman–Crippen MR) is 87.6 cm³/mol. The molecule has 2 aromatic carbocycles. The lowest BCUT2D eigenvalue weighted by atomic mass is 10.2. The van der Waals surface area contributed by atoms with Gasteiger partial charge in [0.1, 0.15) is 5.75 Å². The summed E-state index contributed by atoms with van der Waals surface area (Å²) in [5.41, 5.74) is 0.679. The summed E-state index contributed by atoms with van der Waals surface area (Å²) in [6.45, 7) is 1.32. The number of unbranched alkanes of at least 4 members (excludes halogenated alkanes) is 1. The van der Waals surface area contributed by atoms with E-state index in [1.54, 1.807) is 12.1 Å². The zero-order valence-corrected chi connectivity index (χ0v) is 13.3. The van der Waals surface area contributed by atoms with Crippen LogP contribution in [0.25, 0.3) is 0 Å². The SMILES string of the molecule is O=C(NCCCCOc1ccccc1)c1ccc(Br)cc1. The van der Waals surface area contributed by atoms with E-state index in [0.29, 0.717) is 18.7 Å². The Morgan fingerprint density at radius 1 is 1.00 bits per heavy atom. The van der Waals surface area contributed by atoms with Gasteiger partial charge >= 0.3 is 0 Å². The number of nitrogens with one attached hydrogen (secondary N) is 1. The van der Waals surface area contributed by atoms with Gasteiger partial charge in [-0.05, 0) is 49.2 Å². The van der Waals surface area contributed by atoms with Crippen LogP contribution in [0.2, 0.25) is 0 Å². The van der Waals surface area contributed by atoms with E-state index in [2.05, 4.69) is 21.2 Å². The number of rotatable bonds is 7. The molecule has 0 radical (unpaired) electrons. The van der Waals surface area contributed by atoms with E-state index in [9.17, 15) is 4.79 Å². The smallest absolute Gasteiger partial charge is 0.251 e. The molecule has 0 heterocycles. The van der Waals surface area contributed by atoms with Crippen LogP contribution in [0, 0.1) is 0 Å². The minimum absolute atomic E-state index is 0.0357. The van der Waals surface area contributed by atoms with Gasteiger partial charge in [-0.2, -0.15) is 0 Å². The van der Waals surface area contributed by atoms with Gasteiger partial charge in [-0.3, -0.25) is 4.79 Å². The Hall–Kier alpha value is -1.81. The molecule has 0 aliphatic carbocycles. The molecule has 0 aromatic heterocycles. The fourth-order valence-electron chi connectivity index (χ4n) is 1.84. The van der Waals surface area contributed by atoms with Gasteiger partial charge in [0.25, 0.3) is 5.91 Å². The molecular weight excluding hydrogens is 330 g/mol. The molecule has 2 aromatic rings. The lowest BCUT2D eigenvalue weighted by Crippen LogP contribution is -2.24. The summed E-state index contributed by atoms with van der Waals surface area (Å²) in [7, 11) is 0. The van der Waals surface area contributed by atoms with Crippen LogP contribution in [0.5, 0.6) is 5.75 Å². The van der Waals surface area contributed by atoms with Gasteiger partial charge in [-0.25, -0.2) is 0 Å². The molecule has 21 heavy (non-hydrogen) atoms. The van der Waals surface area contributed by atoms with E-state index in [0.717, 1.165) is 23.1 Å². The molecule has 0 bridgehead atoms. The van der Waals surface area contributed by atoms with Crippen LogP contribution in [0.15, 0.2) is 59.1 Å². The molecule has 0 saturated heterocycles. The van der Waals surface area contributed by atoms with Gasteiger partial charge in [0.05, 0.1) is 6.61 Å². The number of ether oxygens (including phenoxy) is 1. The van der Waals surface area contributed by atoms with E-state index < -0.39 is 0 Å². The van der Waals surface area contributed by atoms with Crippen molar-refractivity contribution in [3.63, 3.8) is 0 Å². The van der Waals surface area contributed by atoms with Crippen molar-refractivity contribution in [3.8, 4) is 5.75 Å². The first kappa shape index (κ1) is 15.6. The lowest BCUT2D eigenvalue weighted by molar-refractivity contribution is 0.0952. The second-order valence-electron chi connectivity index (χ2n) is 4.63. The van der Waals surface area contributed by atoms with Crippen LogP contribution < -0.4 is 10.1 Å². The summed E-state index contributed by atoms with van der Waals surface area (Å²) in [6, 6.07) is 17.1. The molecule has 2 rings (SSSR count). The average molecular weight is 348 g/mol. The molecule has 0 fully saturated rings. The summed E-state index contributed by atoms with van der Waals surface area (Å²) in [6.07, 6.45) is 1.81. The van der Waals surface area contributed by atoms with Gasteiger partial charge in [0.15, 0.2) is 0 Å². The molecule has 4 heteroatoms. The quantitative estimate of drug-likeness (QED) is 0.767. The monoisotopic (exact) mass is 347 g/mol. The Balaban J connectivity index is 1.59. The molecule has 0 spiro atoms. The Labute approximate surface area is 133 Å². The Bertz CT molecular complexity index is 555. The molecule has 0 atom stereocenters. The van der Waals surface area contributed by atoms with Gasteiger partial charge < -0.3 is 10.1 Å². The molecule has 0 aliphatic heterocycles. The van der Waals surface area contributed by atoms with Crippen LogP contribution in [0.4, 0.5) is 0 Å². The molecule has 1 amide bonds. The predicted octanol–water partition coefficient (Wildman–Crippen LogP) is 4.04. The Morgan fingerprint density at radius 3 is 2.43 bits per heavy atom. The van der Waals surface area contributed by atoms with Crippen molar-refractivity contribution in [3.05, 3.63) is 64.6 Å². The van der Waals surface area contributed by atoms with Crippen molar-refractivity contribution in [2.75, 3.05) is 13.2 Å². The molecule has 0 aliphatic rings. The van der Waals surface area contributed by atoms with Crippen LogP contribution in [0.1, 0.15) is 23.2 Å². The maximum Gasteiger partial charge on any atom is 0.251 e. The largest absolute Gasteiger partial charge is 0.494 e. The zero-order chi connectivity index (χ0) is 14.9. The number of carbonyl (C=O) groups excluding carboxylic acids is 1. The summed E-state index contributed by atoms with van der Waals surface area (Å²) >= 11 is 3.35. The van der Waals surface area contributed by atoms with E-state index in [1.807, 2.05) is 42.5 Å². The molecule has 3 nitrogen and oxygen atoms in total. The van der Waals surface area contributed by atoms with Gasteiger partial charge in [-0.1, -0.05) is 34.1 Å². The first-order valence-electron chi connectivity index (χ1n) is 6.97. The summed E-state index contributed by atoms with van der Waals surface area (Å²) in [5.74, 6) is 0.850. The maximum atomic E-state index is 11.9. The highest BCUT2D eigenvalue weighted by molar-refractivity contribution is 9.10. The third-order valence-electron chi connectivity index (χ3n) is 2.98. The molecule has 0 unspecified atom stereocenters. The number of hydrogen-bond donors (Lipinski definition) is 1. The first-order valence-corrected chi connectivity index (χ1v) is 7.76. The Morgan fingerprint density at radius 2 is 1.71 bits per heavy atom. The van der Waals surface area contributed by atoms with E-state index in [1.165, 1.54) is 0 Å². The van der Waals surface area contributed by atoms with Crippen molar-refractivity contribution in [2.45, 2.75) is 12.8 Å². The van der Waals surface area contributed by atoms with Crippen molar-refractivity contribution in [1.29, 1.82) is 0 Å². The van der Waals surface area contributed by atoms with Crippen molar-refractivity contribution >= 4 is 21.8 Å².